The standard InChI is InChI=1S/C16H23N5O4/c1-10-8-21(9-11(2)25-10)13(22)5-6-18-14-12(7-17)15(23)20(4)16(24)19(14)3/h10-11,18H,5-6,8-9H2,1-4H3/t10-,11+. The second-order valence-corrected chi connectivity index (χ2v) is 6.27. The minimum Gasteiger partial charge on any atom is -0.372 e. The van der Waals surface area contributed by atoms with Gasteiger partial charge in [-0.2, -0.15) is 5.26 Å². The second-order valence-electron chi connectivity index (χ2n) is 6.27. The fourth-order valence-corrected chi connectivity index (χ4v) is 2.98. The number of rotatable bonds is 4. The molecule has 136 valence electrons. The van der Waals surface area contributed by atoms with Crippen LogP contribution in [0.25, 0.3) is 0 Å². The lowest BCUT2D eigenvalue weighted by atomic mass is 10.2. The van der Waals surface area contributed by atoms with E-state index in [1.165, 1.54) is 18.7 Å². The molecule has 9 heteroatoms. The first-order valence-corrected chi connectivity index (χ1v) is 8.13. The van der Waals surface area contributed by atoms with Crippen LogP contribution in [0.15, 0.2) is 9.59 Å². The Labute approximate surface area is 145 Å². The minimum absolute atomic E-state index is 0.0104. The van der Waals surface area contributed by atoms with Crippen molar-refractivity contribution in [1.82, 2.24) is 14.0 Å². The van der Waals surface area contributed by atoms with E-state index in [1.807, 2.05) is 19.9 Å². The number of ether oxygens (including phenoxy) is 1. The van der Waals surface area contributed by atoms with Crippen molar-refractivity contribution in [2.24, 2.45) is 14.1 Å². The highest BCUT2D eigenvalue weighted by atomic mass is 16.5. The van der Waals surface area contributed by atoms with Crippen molar-refractivity contribution in [3.05, 3.63) is 26.4 Å². The number of anilines is 1. The zero-order valence-electron chi connectivity index (χ0n) is 14.9. The average molecular weight is 349 g/mol. The molecule has 0 spiro atoms. The Bertz CT molecular complexity index is 810. The van der Waals surface area contributed by atoms with Gasteiger partial charge >= 0.3 is 5.69 Å². The number of nitrogens with zero attached hydrogens (tertiary/aromatic N) is 4. The number of morpholine rings is 1. The molecule has 0 unspecified atom stereocenters. The quantitative estimate of drug-likeness (QED) is 0.777. The monoisotopic (exact) mass is 349 g/mol. The predicted octanol–water partition coefficient (Wildman–Crippen LogP) is -0.607. The summed E-state index contributed by atoms with van der Waals surface area (Å²) in [7, 11) is 2.79. The Balaban J connectivity index is 2.08. The molecule has 0 radical (unpaired) electrons. The molecule has 0 bridgehead atoms. The van der Waals surface area contributed by atoms with Gasteiger partial charge in [0.1, 0.15) is 11.9 Å². The summed E-state index contributed by atoms with van der Waals surface area (Å²) in [6.45, 7) is 5.13. The van der Waals surface area contributed by atoms with Crippen LogP contribution in [0.5, 0.6) is 0 Å². The summed E-state index contributed by atoms with van der Waals surface area (Å²) in [4.78, 5) is 38.1. The lowest BCUT2D eigenvalue weighted by molar-refractivity contribution is -0.142. The summed E-state index contributed by atoms with van der Waals surface area (Å²) < 4.78 is 7.68. The van der Waals surface area contributed by atoms with Crippen LogP contribution < -0.4 is 16.6 Å². The number of carbonyl (C=O) groups is 1. The van der Waals surface area contributed by atoms with Crippen LogP contribution in [0, 0.1) is 11.3 Å². The third-order valence-corrected chi connectivity index (χ3v) is 4.18. The van der Waals surface area contributed by atoms with E-state index in [4.69, 9.17) is 4.74 Å². The number of carbonyl (C=O) groups excluding carboxylic acids is 1. The van der Waals surface area contributed by atoms with Crippen molar-refractivity contribution >= 4 is 11.7 Å². The molecule has 1 amide bonds. The molecule has 0 aliphatic carbocycles. The summed E-state index contributed by atoms with van der Waals surface area (Å²) in [5.41, 5.74) is -1.34. The molecule has 0 saturated carbocycles. The third-order valence-electron chi connectivity index (χ3n) is 4.18. The minimum atomic E-state index is -0.657. The van der Waals surface area contributed by atoms with Crippen molar-refractivity contribution in [3.8, 4) is 6.07 Å². The molecule has 2 heterocycles. The van der Waals surface area contributed by atoms with Gasteiger partial charge in [0, 0.05) is 40.2 Å². The van der Waals surface area contributed by atoms with E-state index in [1.54, 1.807) is 4.90 Å². The molecule has 25 heavy (non-hydrogen) atoms. The normalized spacial score (nSPS) is 20.2. The van der Waals surface area contributed by atoms with Crippen molar-refractivity contribution in [2.75, 3.05) is 25.0 Å². The smallest absolute Gasteiger partial charge is 0.332 e. The van der Waals surface area contributed by atoms with Crippen molar-refractivity contribution in [2.45, 2.75) is 32.5 Å². The van der Waals surface area contributed by atoms with Gasteiger partial charge in [-0.15, -0.1) is 0 Å². The Morgan fingerprint density at radius 3 is 2.40 bits per heavy atom. The predicted molar refractivity (Wildman–Crippen MR) is 91.3 cm³/mol. The number of hydrogen-bond acceptors (Lipinski definition) is 6. The maximum absolute atomic E-state index is 12.3. The number of aromatic nitrogens is 2. The Morgan fingerprint density at radius 1 is 1.24 bits per heavy atom. The van der Waals surface area contributed by atoms with Crippen LogP contribution in [0.1, 0.15) is 25.8 Å². The van der Waals surface area contributed by atoms with Crippen LogP contribution in [-0.2, 0) is 23.6 Å². The van der Waals surface area contributed by atoms with Crippen LogP contribution in [0.4, 0.5) is 5.82 Å². The fraction of sp³-hybridized carbons (Fsp3) is 0.625. The largest absolute Gasteiger partial charge is 0.372 e. The summed E-state index contributed by atoms with van der Waals surface area (Å²) in [6, 6.07) is 1.82. The zero-order chi connectivity index (χ0) is 18.7. The van der Waals surface area contributed by atoms with Crippen molar-refractivity contribution < 1.29 is 9.53 Å². The van der Waals surface area contributed by atoms with Crippen molar-refractivity contribution in [3.63, 3.8) is 0 Å². The average Bonchev–Trinajstić information content (AvgIpc) is 2.56. The summed E-state index contributed by atoms with van der Waals surface area (Å²) >= 11 is 0. The molecule has 1 aromatic rings. The number of nitrogens with one attached hydrogen (secondary N) is 1. The SMILES string of the molecule is C[C@@H]1CN(C(=O)CCNc2c(C#N)c(=O)n(C)c(=O)n2C)C[C@H](C)O1. The van der Waals surface area contributed by atoms with E-state index in [2.05, 4.69) is 5.32 Å². The maximum atomic E-state index is 12.3. The van der Waals surface area contributed by atoms with Gasteiger partial charge in [-0.05, 0) is 13.8 Å². The molecular formula is C16H23N5O4. The molecule has 1 N–H and O–H groups in total. The molecule has 2 atom stereocenters. The molecule has 1 aliphatic heterocycles. The lowest BCUT2D eigenvalue weighted by Crippen LogP contribution is -2.48. The number of amides is 1. The highest BCUT2D eigenvalue weighted by Gasteiger charge is 2.25. The molecule has 2 rings (SSSR count). The lowest BCUT2D eigenvalue weighted by Gasteiger charge is -2.35. The summed E-state index contributed by atoms with van der Waals surface area (Å²) in [6.07, 6.45) is 0.167. The number of hydrogen-bond donors (Lipinski definition) is 1. The Hall–Kier alpha value is -2.60. The van der Waals surface area contributed by atoms with E-state index in [0.717, 1.165) is 4.57 Å². The number of nitriles is 1. The van der Waals surface area contributed by atoms with Crippen LogP contribution in [0.3, 0.4) is 0 Å². The second kappa shape index (κ2) is 7.53. The third kappa shape index (κ3) is 3.91. The van der Waals surface area contributed by atoms with Gasteiger partial charge in [0.25, 0.3) is 5.56 Å². The molecule has 9 nitrogen and oxygen atoms in total. The van der Waals surface area contributed by atoms with Crippen LogP contribution >= 0.6 is 0 Å². The summed E-state index contributed by atoms with van der Waals surface area (Å²) in [5.74, 6) is 0.0916. The fourth-order valence-electron chi connectivity index (χ4n) is 2.98. The highest BCUT2D eigenvalue weighted by Crippen LogP contribution is 2.12. The Kier molecular flexibility index (Phi) is 5.64. The first-order chi connectivity index (χ1) is 11.8. The summed E-state index contributed by atoms with van der Waals surface area (Å²) in [5, 5.41) is 12.1. The topological polar surface area (TPSA) is 109 Å². The van der Waals surface area contributed by atoms with E-state index in [-0.39, 0.29) is 42.5 Å². The first-order valence-electron chi connectivity index (χ1n) is 8.13. The maximum Gasteiger partial charge on any atom is 0.332 e. The van der Waals surface area contributed by atoms with Gasteiger partial charge in [-0.1, -0.05) is 0 Å². The first kappa shape index (κ1) is 18.7. The van der Waals surface area contributed by atoms with Gasteiger partial charge in [0.2, 0.25) is 5.91 Å². The van der Waals surface area contributed by atoms with E-state index in [0.29, 0.717) is 13.1 Å². The van der Waals surface area contributed by atoms with Gasteiger partial charge in [0.15, 0.2) is 5.56 Å². The van der Waals surface area contributed by atoms with Crippen LogP contribution in [-0.4, -0.2) is 51.8 Å². The zero-order valence-corrected chi connectivity index (χ0v) is 14.9. The molecule has 1 saturated heterocycles. The van der Waals surface area contributed by atoms with Crippen molar-refractivity contribution in [1.29, 1.82) is 5.26 Å². The molecular weight excluding hydrogens is 326 g/mol. The van der Waals surface area contributed by atoms with Crippen LogP contribution in [0.2, 0.25) is 0 Å². The molecule has 0 aromatic carbocycles. The highest BCUT2D eigenvalue weighted by molar-refractivity contribution is 5.77. The van der Waals surface area contributed by atoms with E-state index >= 15 is 0 Å². The molecule has 1 aromatic heterocycles. The molecule has 1 aliphatic rings. The van der Waals surface area contributed by atoms with Gasteiger partial charge < -0.3 is 15.0 Å². The van der Waals surface area contributed by atoms with E-state index in [9.17, 15) is 19.6 Å². The van der Waals surface area contributed by atoms with Gasteiger partial charge in [0.05, 0.1) is 12.2 Å². The van der Waals surface area contributed by atoms with Gasteiger partial charge in [-0.3, -0.25) is 18.7 Å². The molecule has 1 fully saturated rings. The van der Waals surface area contributed by atoms with Gasteiger partial charge in [-0.25, -0.2) is 4.79 Å². The van der Waals surface area contributed by atoms with E-state index < -0.39 is 11.2 Å². The Morgan fingerprint density at radius 2 is 1.84 bits per heavy atom.